The molecule has 104 valence electrons. The highest BCUT2D eigenvalue weighted by Gasteiger charge is 2.05. The molecule has 0 aliphatic heterocycles. The van der Waals surface area contributed by atoms with E-state index in [-0.39, 0.29) is 12.3 Å². The molecular weight excluding hydrogens is 320 g/mol. The highest BCUT2D eigenvalue weighted by atomic mass is 79.9. The zero-order valence-corrected chi connectivity index (χ0v) is 12.4. The average Bonchev–Trinajstić information content (AvgIpc) is 2.41. The second kappa shape index (κ2) is 6.96. The Morgan fingerprint density at radius 2 is 2.00 bits per heavy atom. The van der Waals surface area contributed by atoms with Crippen LogP contribution in [0.25, 0.3) is 0 Å². The maximum atomic E-state index is 11.8. The second-order valence-corrected chi connectivity index (χ2v) is 5.05. The van der Waals surface area contributed by atoms with Gasteiger partial charge in [-0.3, -0.25) is 4.79 Å². The van der Waals surface area contributed by atoms with Crippen LogP contribution < -0.4 is 15.8 Å². The molecular formula is C15H15BrN2O2. The van der Waals surface area contributed by atoms with E-state index in [2.05, 4.69) is 21.2 Å². The molecule has 0 saturated carbocycles. The molecule has 0 bridgehead atoms. The number of hydrogen-bond donors (Lipinski definition) is 2. The van der Waals surface area contributed by atoms with Gasteiger partial charge in [0.2, 0.25) is 5.91 Å². The SMILES string of the molecule is Nc1cccc(OCCC(=O)Nc2ccccc2Br)c1. The molecule has 0 saturated heterocycles. The van der Waals surface area contributed by atoms with Crippen LogP contribution in [-0.4, -0.2) is 12.5 Å². The van der Waals surface area contributed by atoms with E-state index < -0.39 is 0 Å². The Morgan fingerprint density at radius 1 is 1.20 bits per heavy atom. The topological polar surface area (TPSA) is 64.3 Å². The minimum atomic E-state index is -0.0965. The van der Waals surface area contributed by atoms with Gasteiger partial charge in [-0.05, 0) is 40.2 Å². The number of benzene rings is 2. The van der Waals surface area contributed by atoms with Crippen molar-refractivity contribution >= 4 is 33.2 Å². The number of anilines is 2. The third-order valence-corrected chi connectivity index (χ3v) is 3.30. The zero-order chi connectivity index (χ0) is 14.4. The molecule has 0 radical (unpaired) electrons. The van der Waals surface area contributed by atoms with Gasteiger partial charge in [0.15, 0.2) is 0 Å². The molecule has 20 heavy (non-hydrogen) atoms. The number of nitrogens with two attached hydrogens (primary N) is 1. The Hall–Kier alpha value is -2.01. The predicted octanol–water partition coefficient (Wildman–Crippen LogP) is 3.44. The lowest BCUT2D eigenvalue weighted by Crippen LogP contribution is -2.15. The van der Waals surface area contributed by atoms with E-state index in [0.29, 0.717) is 18.0 Å². The number of carbonyl (C=O) groups is 1. The summed E-state index contributed by atoms with van der Waals surface area (Å²) in [4.78, 5) is 11.8. The van der Waals surface area contributed by atoms with Gasteiger partial charge in [-0.2, -0.15) is 0 Å². The van der Waals surface area contributed by atoms with Crippen LogP contribution >= 0.6 is 15.9 Å². The number of rotatable bonds is 5. The Bertz CT molecular complexity index is 602. The monoisotopic (exact) mass is 334 g/mol. The van der Waals surface area contributed by atoms with Crippen LogP contribution in [0.5, 0.6) is 5.75 Å². The first-order valence-electron chi connectivity index (χ1n) is 6.18. The molecule has 0 aromatic heterocycles. The van der Waals surface area contributed by atoms with Gasteiger partial charge in [0.1, 0.15) is 5.75 Å². The first-order chi connectivity index (χ1) is 9.65. The molecule has 0 aliphatic rings. The third kappa shape index (κ3) is 4.28. The lowest BCUT2D eigenvalue weighted by atomic mass is 10.3. The van der Waals surface area contributed by atoms with Gasteiger partial charge in [-0.15, -0.1) is 0 Å². The maximum Gasteiger partial charge on any atom is 0.227 e. The number of amides is 1. The average molecular weight is 335 g/mol. The Morgan fingerprint density at radius 3 is 2.75 bits per heavy atom. The van der Waals surface area contributed by atoms with Crippen LogP contribution in [0.3, 0.4) is 0 Å². The van der Waals surface area contributed by atoms with E-state index in [0.717, 1.165) is 10.2 Å². The van der Waals surface area contributed by atoms with Crippen LogP contribution in [0.15, 0.2) is 53.0 Å². The fourth-order valence-electron chi connectivity index (χ4n) is 1.64. The summed E-state index contributed by atoms with van der Waals surface area (Å²) in [6.07, 6.45) is 0.274. The van der Waals surface area contributed by atoms with Crippen LogP contribution in [-0.2, 0) is 4.79 Å². The van der Waals surface area contributed by atoms with Crippen LogP contribution in [0.2, 0.25) is 0 Å². The first-order valence-corrected chi connectivity index (χ1v) is 6.97. The summed E-state index contributed by atoms with van der Waals surface area (Å²) in [7, 11) is 0. The summed E-state index contributed by atoms with van der Waals surface area (Å²) >= 11 is 3.38. The normalized spacial score (nSPS) is 10.1. The van der Waals surface area contributed by atoms with Gasteiger partial charge in [0, 0.05) is 16.2 Å². The van der Waals surface area contributed by atoms with Gasteiger partial charge < -0.3 is 15.8 Å². The molecule has 5 heteroatoms. The summed E-state index contributed by atoms with van der Waals surface area (Å²) in [5.74, 6) is 0.569. The molecule has 0 spiro atoms. The molecule has 0 aliphatic carbocycles. The quantitative estimate of drug-likeness (QED) is 0.823. The van der Waals surface area contributed by atoms with Gasteiger partial charge in [0.25, 0.3) is 0 Å². The predicted molar refractivity (Wildman–Crippen MR) is 83.7 cm³/mol. The molecule has 0 unspecified atom stereocenters. The third-order valence-electron chi connectivity index (χ3n) is 2.60. The van der Waals surface area contributed by atoms with Crippen molar-refractivity contribution in [3.63, 3.8) is 0 Å². The van der Waals surface area contributed by atoms with Crippen molar-refractivity contribution in [3.8, 4) is 5.75 Å². The Balaban J connectivity index is 1.80. The van der Waals surface area contributed by atoms with Crippen molar-refractivity contribution in [3.05, 3.63) is 53.0 Å². The van der Waals surface area contributed by atoms with Crippen molar-refractivity contribution in [1.29, 1.82) is 0 Å². The van der Waals surface area contributed by atoms with Crippen molar-refractivity contribution < 1.29 is 9.53 Å². The minimum Gasteiger partial charge on any atom is -0.493 e. The molecule has 2 aromatic carbocycles. The molecule has 2 rings (SSSR count). The summed E-state index contributed by atoms with van der Waals surface area (Å²) in [6, 6.07) is 14.6. The first kappa shape index (κ1) is 14.4. The van der Waals surface area contributed by atoms with Crippen LogP contribution in [0.4, 0.5) is 11.4 Å². The number of para-hydroxylation sites is 1. The van der Waals surface area contributed by atoms with E-state index in [9.17, 15) is 4.79 Å². The molecule has 0 heterocycles. The number of hydrogen-bond acceptors (Lipinski definition) is 3. The largest absolute Gasteiger partial charge is 0.493 e. The van der Waals surface area contributed by atoms with Crippen molar-refractivity contribution in [2.45, 2.75) is 6.42 Å². The van der Waals surface area contributed by atoms with Crippen LogP contribution in [0, 0.1) is 0 Å². The van der Waals surface area contributed by atoms with E-state index in [1.54, 1.807) is 12.1 Å². The minimum absolute atomic E-state index is 0.0965. The zero-order valence-electron chi connectivity index (χ0n) is 10.8. The molecule has 0 atom stereocenters. The Kier molecular flexibility index (Phi) is 5.01. The van der Waals surface area contributed by atoms with Crippen molar-refractivity contribution in [2.75, 3.05) is 17.7 Å². The summed E-state index contributed by atoms with van der Waals surface area (Å²) in [6.45, 7) is 0.305. The van der Waals surface area contributed by atoms with Crippen molar-refractivity contribution in [1.82, 2.24) is 0 Å². The second-order valence-electron chi connectivity index (χ2n) is 4.20. The molecule has 0 fully saturated rings. The number of ether oxygens (including phenoxy) is 1. The Labute approximate surface area is 126 Å². The lowest BCUT2D eigenvalue weighted by Gasteiger charge is -2.08. The van der Waals surface area contributed by atoms with Crippen LogP contribution in [0.1, 0.15) is 6.42 Å². The molecule has 3 N–H and O–H groups in total. The highest BCUT2D eigenvalue weighted by molar-refractivity contribution is 9.10. The summed E-state index contributed by atoms with van der Waals surface area (Å²) in [5, 5.41) is 2.82. The summed E-state index contributed by atoms with van der Waals surface area (Å²) < 4.78 is 6.32. The van der Waals surface area contributed by atoms with E-state index in [4.69, 9.17) is 10.5 Å². The number of nitrogens with one attached hydrogen (secondary N) is 1. The molecule has 2 aromatic rings. The standard InChI is InChI=1S/C15H15BrN2O2/c16-13-6-1-2-7-14(13)18-15(19)8-9-20-12-5-3-4-11(17)10-12/h1-7,10H,8-9,17H2,(H,18,19). The van der Waals surface area contributed by atoms with E-state index in [1.807, 2.05) is 36.4 Å². The number of nitrogen functional groups attached to an aromatic ring is 1. The molecule has 4 nitrogen and oxygen atoms in total. The molecule has 1 amide bonds. The number of carbonyl (C=O) groups excluding carboxylic acids is 1. The fourth-order valence-corrected chi connectivity index (χ4v) is 2.03. The fraction of sp³-hybridized carbons (Fsp3) is 0.133. The lowest BCUT2D eigenvalue weighted by molar-refractivity contribution is -0.116. The van der Waals surface area contributed by atoms with Gasteiger partial charge in [0.05, 0.1) is 18.7 Å². The number of halogens is 1. The van der Waals surface area contributed by atoms with E-state index >= 15 is 0 Å². The van der Waals surface area contributed by atoms with Crippen molar-refractivity contribution in [2.24, 2.45) is 0 Å². The van der Waals surface area contributed by atoms with Gasteiger partial charge in [-0.1, -0.05) is 18.2 Å². The van der Waals surface area contributed by atoms with Gasteiger partial charge in [-0.25, -0.2) is 0 Å². The smallest absolute Gasteiger partial charge is 0.227 e. The summed E-state index contributed by atoms with van der Waals surface area (Å²) in [5.41, 5.74) is 7.03. The highest BCUT2D eigenvalue weighted by Crippen LogP contribution is 2.21. The van der Waals surface area contributed by atoms with Gasteiger partial charge >= 0.3 is 0 Å². The van der Waals surface area contributed by atoms with E-state index in [1.165, 1.54) is 0 Å². The maximum absolute atomic E-state index is 11.8.